The molecule has 1 atom stereocenters. The molecular weight excluding hydrogens is 298 g/mol. The zero-order chi connectivity index (χ0) is 12.3. The van der Waals surface area contributed by atoms with Gasteiger partial charge in [-0.1, -0.05) is 15.9 Å². The van der Waals surface area contributed by atoms with Crippen LogP contribution in [0.15, 0.2) is 46.0 Å². The summed E-state index contributed by atoms with van der Waals surface area (Å²) in [5.74, 6) is 0.854. The number of nitrogens with two attached hydrogens (primary N) is 1. The Morgan fingerprint density at radius 3 is 2.71 bits per heavy atom. The fourth-order valence-corrected chi connectivity index (χ4v) is 2.60. The highest BCUT2D eigenvalue weighted by Crippen LogP contribution is 2.24. The van der Waals surface area contributed by atoms with Crippen molar-refractivity contribution >= 4 is 27.7 Å². The van der Waals surface area contributed by atoms with Crippen LogP contribution in [-0.4, -0.2) is 15.5 Å². The summed E-state index contributed by atoms with van der Waals surface area (Å²) in [4.78, 5) is 1.23. The third-order valence-corrected chi connectivity index (χ3v) is 4.06. The molecule has 0 radical (unpaired) electrons. The molecule has 0 amide bonds. The Morgan fingerprint density at radius 2 is 2.12 bits per heavy atom. The molecular formula is C12H14BrN3S. The summed E-state index contributed by atoms with van der Waals surface area (Å²) in [5, 5.41) is 4.13. The predicted octanol–water partition coefficient (Wildman–Crippen LogP) is 2.97. The molecule has 0 aliphatic carbocycles. The second-order valence-electron chi connectivity index (χ2n) is 3.82. The molecule has 0 aliphatic rings. The number of benzene rings is 1. The van der Waals surface area contributed by atoms with Crippen molar-refractivity contribution in [3.8, 4) is 0 Å². The number of hydrogen-bond acceptors (Lipinski definition) is 3. The lowest BCUT2D eigenvalue weighted by Crippen LogP contribution is -2.12. The molecule has 2 N–H and O–H groups in total. The highest BCUT2D eigenvalue weighted by Gasteiger charge is 2.08. The van der Waals surface area contributed by atoms with Gasteiger partial charge in [0.2, 0.25) is 0 Å². The molecule has 1 aromatic heterocycles. The molecule has 0 saturated heterocycles. The molecule has 0 fully saturated rings. The lowest BCUT2D eigenvalue weighted by atomic mass is 10.2. The van der Waals surface area contributed by atoms with Gasteiger partial charge in [-0.3, -0.25) is 4.68 Å². The molecule has 3 nitrogen and oxygen atoms in total. The number of rotatable bonds is 4. The zero-order valence-electron chi connectivity index (χ0n) is 9.51. The SMILES string of the molecule is Cn1cc(C(N)CSc2ccc(Br)cc2)cn1. The highest BCUT2D eigenvalue weighted by molar-refractivity contribution is 9.10. The van der Waals surface area contributed by atoms with Crippen LogP contribution in [0, 0.1) is 0 Å². The third-order valence-electron chi connectivity index (χ3n) is 2.40. The molecule has 5 heteroatoms. The molecule has 0 spiro atoms. The van der Waals surface area contributed by atoms with Crippen LogP contribution < -0.4 is 5.73 Å². The van der Waals surface area contributed by atoms with Crippen molar-refractivity contribution in [3.63, 3.8) is 0 Å². The van der Waals surface area contributed by atoms with Gasteiger partial charge in [0.05, 0.1) is 6.20 Å². The molecule has 0 bridgehead atoms. The van der Waals surface area contributed by atoms with E-state index >= 15 is 0 Å². The van der Waals surface area contributed by atoms with E-state index in [1.807, 2.05) is 31.6 Å². The zero-order valence-corrected chi connectivity index (χ0v) is 11.9. The monoisotopic (exact) mass is 311 g/mol. The molecule has 1 aromatic carbocycles. The van der Waals surface area contributed by atoms with Crippen LogP contribution in [0.5, 0.6) is 0 Å². The van der Waals surface area contributed by atoms with Crippen LogP contribution in [0.25, 0.3) is 0 Å². The van der Waals surface area contributed by atoms with Gasteiger partial charge in [-0.25, -0.2) is 0 Å². The summed E-state index contributed by atoms with van der Waals surface area (Å²) < 4.78 is 2.87. The second kappa shape index (κ2) is 5.71. The molecule has 2 rings (SSSR count). The predicted molar refractivity (Wildman–Crippen MR) is 75.0 cm³/mol. The first-order valence-electron chi connectivity index (χ1n) is 5.27. The molecule has 1 unspecified atom stereocenters. The molecule has 17 heavy (non-hydrogen) atoms. The number of aryl methyl sites for hydroxylation is 1. The van der Waals surface area contributed by atoms with Crippen LogP contribution in [0.4, 0.5) is 0 Å². The van der Waals surface area contributed by atoms with Gasteiger partial charge < -0.3 is 5.73 Å². The third kappa shape index (κ3) is 3.59. The average Bonchev–Trinajstić information content (AvgIpc) is 2.75. The number of halogens is 1. The highest BCUT2D eigenvalue weighted by atomic mass is 79.9. The maximum Gasteiger partial charge on any atom is 0.0537 e. The van der Waals surface area contributed by atoms with Crippen molar-refractivity contribution in [1.82, 2.24) is 9.78 Å². The quantitative estimate of drug-likeness (QED) is 0.883. The number of aromatic nitrogens is 2. The van der Waals surface area contributed by atoms with Crippen LogP contribution in [-0.2, 0) is 7.05 Å². The lowest BCUT2D eigenvalue weighted by Gasteiger charge is -2.08. The van der Waals surface area contributed by atoms with E-state index in [4.69, 9.17) is 5.73 Å². The van der Waals surface area contributed by atoms with Crippen molar-refractivity contribution in [2.24, 2.45) is 12.8 Å². The van der Waals surface area contributed by atoms with E-state index in [9.17, 15) is 0 Å². The van der Waals surface area contributed by atoms with Crippen LogP contribution in [0.3, 0.4) is 0 Å². The van der Waals surface area contributed by atoms with E-state index in [2.05, 4.69) is 33.2 Å². The summed E-state index contributed by atoms with van der Waals surface area (Å²) in [7, 11) is 1.90. The second-order valence-corrected chi connectivity index (χ2v) is 5.83. The van der Waals surface area contributed by atoms with Crippen molar-refractivity contribution < 1.29 is 0 Å². The van der Waals surface area contributed by atoms with E-state index in [-0.39, 0.29) is 6.04 Å². The number of nitrogens with zero attached hydrogens (tertiary/aromatic N) is 2. The molecule has 0 saturated carbocycles. The van der Waals surface area contributed by atoms with Crippen molar-refractivity contribution in [2.45, 2.75) is 10.9 Å². The molecule has 0 aliphatic heterocycles. The maximum absolute atomic E-state index is 6.10. The Bertz CT molecular complexity index is 481. The Kier molecular flexibility index (Phi) is 4.25. The summed E-state index contributed by atoms with van der Waals surface area (Å²) in [6.45, 7) is 0. The van der Waals surface area contributed by atoms with E-state index < -0.39 is 0 Å². The minimum absolute atomic E-state index is 0.0253. The normalized spacial score (nSPS) is 12.6. The standard InChI is InChI=1S/C12H14BrN3S/c1-16-7-9(6-15-16)12(14)8-17-11-4-2-10(13)3-5-11/h2-7,12H,8,14H2,1H3. The summed E-state index contributed by atoms with van der Waals surface area (Å²) in [6, 6.07) is 8.28. The Morgan fingerprint density at radius 1 is 1.41 bits per heavy atom. The number of hydrogen-bond donors (Lipinski definition) is 1. The van der Waals surface area contributed by atoms with Gasteiger partial charge in [0.1, 0.15) is 0 Å². The minimum atomic E-state index is 0.0253. The average molecular weight is 312 g/mol. The first-order chi connectivity index (χ1) is 8.15. The summed E-state index contributed by atoms with van der Waals surface area (Å²) in [6.07, 6.45) is 3.79. The summed E-state index contributed by atoms with van der Waals surface area (Å²) in [5.41, 5.74) is 7.18. The van der Waals surface area contributed by atoms with E-state index in [1.54, 1.807) is 16.4 Å². The van der Waals surface area contributed by atoms with Crippen LogP contribution in [0.2, 0.25) is 0 Å². The summed E-state index contributed by atoms with van der Waals surface area (Å²) >= 11 is 5.18. The Balaban J connectivity index is 1.92. The van der Waals surface area contributed by atoms with Crippen molar-refractivity contribution in [3.05, 3.63) is 46.7 Å². The lowest BCUT2D eigenvalue weighted by molar-refractivity contribution is 0.763. The van der Waals surface area contributed by atoms with Crippen molar-refractivity contribution in [2.75, 3.05) is 5.75 Å². The van der Waals surface area contributed by atoms with E-state index in [1.165, 1.54) is 4.90 Å². The van der Waals surface area contributed by atoms with Gasteiger partial charge in [-0.15, -0.1) is 11.8 Å². The van der Waals surface area contributed by atoms with Crippen LogP contribution >= 0.6 is 27.7 Å². The van der Waals surface area contributed by atoms with Gasteiger partial charge in [0.25, 0.3) is 0 Å². The molecule has 90 valence electrons. The molecule has 2 aromatic rings. The van der Waals surface area contributed by atoms with Gasteiger partial charge in [-0.2, -0.15) is 5.10 Å². The fourth-order valence-electron chi connectivity index (χ4n) is 1.44. The first kappa shape index (κ1) is 12.7. The minimum Gasteiger partial charge on any atom is -0.323 e. The Hall–Kier alpha value is -0.780. The maximum atomic E-state index is 6.10. The van der Waals surface area contributed by atoms with E-state index in [0.29, 0.717) is 0 Å². The van der Waals surface area contributed by atoms with Gasteiger partial charge in [0, 0.05) is 40.0 Å². The largest absolute Gasteiger partial charge is 0.323 e. The van der Waals surface area contributed by atoms with Gasteiger partial charge in [0.15, 0.2) is 0 Å². The van der Waals surface area contributed by atoms with Gasteiger partial charge >= 0.3 is 0 Å². The van der Waals surface area contributed by atoms with Gasteiger partial charge in [-0.05, 0) is 24.3 Å². The first-order valence-corrected chi connectivity index (χ1v) is 7.05. The fraction of sp³-hybridized carbons (Fsp3) is 0.250. The number of thioether (sulfide) groups is 1. The topological polar surface area (TPSA) is 43.8 Å². The van der Waals surface area contributed by atoms with E-state index in [0.717, 1.165) is 15.8 Å². The van der Waals surface area contributed by atoms with Crippen molar-refractivity contribution in [1.29, 1.82) is 0 Å². The molecule has 1 heterocycles. The Labute approximate surface area is 114 Å². The smallest absolute Gasteiger partial charge is 0.0537 e. The van der Waals surface area contributed by atoms with Crippen LogP contribution in [0.1, 0.15) is 11.6 Å².